The predicted molar refractivity (Wildman–Crippen MR) is 105 cm³/mol. The summed E-state index contributed by atoms with van der Waals surface area (Å²) in [4.78, 5) is 14.6. The van der Waals surface area contributed by atoms with Gasteiger partial charge in [0.25, 0.3) is 17.7 Å². The molecule has 0 aliphatic carbocycles. The van der Waals surface area contributed by atoms with E-state index in [0.717, 1.165) is 28.3 Å². The molecule has 0 radical (unpaired) electrons. The Morgan fingerprint density at radius 1 is 1.22 bits per heavy atom. The third-order valence-corrected chi connectivity index (χ3v) is 5.15. The first-order valence-electron chi connectivity index (χ1n) is 9.20. The highest BCUT2D eigenvalue weighted by atomic mass is 32.1. The van der Waals surface area contributed by atoms with Gasteiger partial charge in [0.1, 0.15) is 0 Å². The van der Waals surface area contributed by atoms with Crippen LogP contribution < -0.4 is 10.2 Å². The Labute approximate surface area is 163 Å². The molecule has 2 atom stereocenters. The van der Waals surface area contributed by atoms with Gasteiger partial charge >= 0.3 is 0 Å². The number of hydrogen-bond donors (Lipinski definition) is 2. The molecule has 0 spiro atoms. The zero-order valence-corrected chi connectivity index (χ0v) is 16.5. The fourth-order valence-corrected chi connectivity index (χ4v) is 3.62. The molecule has 1 aromatic carbocycles. The molecule has 1 amide bonds. The molecule has 0 aliphatic heterocycles. The molecular formula is C20H25N4O2S+. The minimum atomic E-state index is -0.0181. The molecule has 0 saturated carbocycles. The molecule has 2 heterocycles. The zero-order valence-electron chi connectivity index (χ0n) is 15.6. The van der Waals surface area contributed by atoms with Crippen molar-refractivity contribution in [1.82, 2.24) is 15.5 Å². The molecule has 2 aromatic heterocycles. The maximum atomic E-state index is 12.5. The summed E-state index contributed by atoms with van der Waals surface area (Å²) in [6.45, 7) is 5.89. The van der Waals surface area contributed by atoms with Gasteiger partial charge in [-0.2, -0.15) is 0 Å². The fraction of sp³-hybridized carbons (Fsp3) is 0.350. The zero-order chi connectivity index (χ0) is 19.1. The van der Waals surface area contributed by atoms with Crippen molar-refractivity contribution in [3.8, 4) is 10.8 Å². The molecule has 0 bridgehead atoms. The number of carbonyl (C=O) groups excluding carboxylic acids is 1. The third-order valence-electron chi connectivity index (χ3n) is 4.29. The quantitative estimate of drug-likeness (QED) is 0.594. The van der Waals surface area contributed by atoms with Crippen LogP contribution in [0.1, 0.15) is 37.8 Å². The number of rotatable bonds is 9. The molecule has 0 fully saturated rings. The van der Waals surface area contributed by atoms with Crippen molar-refractivity contribution in [2.24, 2.45) is 0 Å². The van der Waals surface area contributed by atoms with Gasteiger partial charge < -0.3 is 14.6 Å². The second-order valence-corrected chi connectivity index (χ2v) is 7.48. The number of carbonyl (C=O) groups is 1. The highest BCUT2D eigenvalue weighted by Gasteiger charge is 2.20. The molecule has 1 unspecified atom stereocenters. The summed E-state index contributed by atoms with van der Waals surface area (Å²) in [7, 11) is 0. The van der Waals surface area contributed by atoms with Crippen LogP contribution in [0.4, 0.5) is 0 Å². The van der Waals surface area contributed by atoms with E-state index in [1.165, 1.54) is 0 Å². The van der Waals surface area contributed by atoms with E-state index >= 15 is 0 Å². The molecule has 27 heavy (non-hydrogen) atoms. The Morgan fingerprint density at radius 3 is 2.74 bits per heavy atom. The average Bonchev–Trinajstić information content (AvgIpc) is 3.34. The molecule has 142 valence electrons. The van der Waals surface area contributed by atoms with Crippen LogP contribution in [0.2, 0.25) is 0 Å². The number of hydrogen-bond acceptors (Lipinski definition) is 5. The largest absolute Gasteiger partial charge is 0.414 e. The smallest absolute Gasteiger partial charge is 0.275 e. The summed E-state index contributed by atoms with van der Waals surface area (Å²) in [5.41, 5.74) is 1.10. The van der Waals surface area contributed by atoms with Gasteiger partial charge in [0, 0.05) is 0 Å². The van der Waals surface area contributed by atoms with Gasteiger partial charge in [-0.25, -0.2) is 0 Å². The number of nitrogens with zero attached hydrogens (tertiary/aromatic N) is 2. The van der Waals surface area contributed by atoms with Gasteiger partial charge in [0.15, 0.2) is 13.1 Å². The number of amides is 1. The fourth-order valence-electron chi connectivity index (χ4n) is 2.98. The van der Waals surface area contributed by atoms with E-state index in [0.29, 0.717) is 24.9 Å². The lowest BCUT2D eigenvalue weighted by molar-refractivity contribution is -0.907. The van der Waals surface area contributed by atoms with E-state index in [1.807, 2.05) is 54.8 Å². The monoisotopic (exact) mass is 385 g/mol. The number of quaternary nitrogens is 1. The molecule has 3 rings (SSSR count). The maximum absolute atomic E-state index is 12.5. The highest BCUT2D eigenvalue weighted by Crippen LogP contribution is 2.22. The Kier molecular flexibility index (Phi) is 6.73. The normalized spacial score (nSPS) is 13.3. The van der Waals surface area contributed by atoms with Gasteiger partial charge in [-0.3, -0.25) is 4.79 Å². The van der Waals surface area contributed by atoms with Crippen LogP contribution in [0.5, 0.6) is 0 Å². The second-order valence-electron chi connectivity index (χ2n) is 6.53. The van der Waals surface area contributed by atoms with Crippen LogP contribution in [0.15, 0.2) is 52.3 Å². The van der Waals surface area contributed by atoms with Crippen molar-refractivity contribution in [3.63, 3.8) is 0 Å². The lowest BCUT2D eigenvalue weighted by atomic mass is 10.1. The summed E-state index contributed by atoms with van der Waals surface area (Å²) in [6.07, 6.45) is 0.975. The van der Waals surface area contributed by atoms with Gasteiger partial charge in [-0.15, -0.1) is 21.5 Å². The number of nitrogens with one attached hydrogen (secondary N) is 2. The lowest BCUT2D eigenvalue weighted by Crippen LogP contribution is -3.12. The molecule has 3 aromatic rings. The van der Waals surface area contributed by atoms with Gasteiger partial charge in [-0.05, 0) is 30.4 Å². The van der Waals surface area contributed by atoms with Gasteiger partial charge in [-0.1, -0.05) is 43.3 Å². The molecule has 0 saturated heterocycles. The van der Waals surface area contributed by atoms with Crippen LogP contribution in [-0.2, 0) is 11.3 Å². The van der Waals surface area contributed by atoms with E-state index in [4.69, 9.17) is 4.42 Å². The lowest BCUT2D eigenvalue weighted by Gasteiger charge is -2.19. The SMILES string of the molecule is CCC[NH+](CC(=O)N[C@@H](C)c1ccccc1)Cc1nnc(-c2cccs2)o1. The number of aromatic nitrogens is 2. The molecule has 7 heteroatoms. The maximum Gasteiger partial charge on any atom is 0.275 e. The van der Waals surface area contributed by atoms with E-state index in [2.05, 4.69) is 22.4 Å². The first-order valence-corrected chi connectivity index (χ1v) is 10.1. The Bertz CT molecular complexity index is 833. The van der Waals surface area contributed by atoms with E-state index < -0.39 is 0 Å². The Balaban J connectivity index is 1.58. The average molecular weight is 386 g/mol. The molecule has 2 N–H and O–H groups in total. The minimum Gasteiger partial charge on any atom is -0.414 e. The predicted octanol–water partition coefficient (Wildman–Crippen LogP) is 2.47. The van der Waals surface area contributed by atoms with Gasteiger partial charge in [0.2, 0.25) is 0 Å². The number of thiophene rings is 1. The molecular weight excluding hydrogens is 360 g/mol. The van der Waals surface area contributed by atoms with Crippen LogP contribution in [0.25, 0.3) is 10.8 Å². The van der Waals surface area contributed by atoms with E-state index in [1.54, 1.807) is 11.3 Å². The number of benzene rings is 1. The first kappa shape index (κ1) is 19.3. The highest BCUT2D eigenvalue weighted by molar-refractivity contribution is 7.13. The first-order chi connectivity index (χ1) is 13.2. The molecule has 0 aliphatic rings. The van der Waals surface area contributed by atoms with Crippen molar-refractivity contribution in [3.05, 3.63) is 59.3 Å². The minimum absolute atomic E-state index is 0.0181. The standard InChI is InChI=1S/C20H24N4O2S/c1-3-11-24(13-18(25)21-15(2)16-8-5-4-6-9-16)14-19-22-23-20(26-19)17-10-7-12-27-17/h4-10,12,15H,3,11,13-14H2,1-2H3,(H,21,25)/p+1/t15-/m0/s1. The Morgan fingerprint density at radius 2 is 2.04 bits per heavy atom. The third kappa shape index (κ3) is 5.48. The van der Waals surface area contributed by atoms with Gasteiger partial charge in [0.05, 0.1) is 17.5 Å². The summed E-state index contributed by atoms with van der Waals surface area (Å²) in [5, 5.41) is 13.3. The van der Waals surface area contributed by atoms with E-state index in [-0.39, 0.29) is 11.9 Å². The van der Waals surface area contributed by atoms with Crippen molar-refractivity contribution in [1.29, 1.82) is 0 Å². The van der Waals surface area contributed by atoms with Crippen molar-refractivity contribution < 1.29 is 14.1 Å². The Hall–Kier alpha value is -2.51. The topological polar surface area (TPSA) is 72.5 Å². The summed E-state index contributed by atoms with van der Waals surface area (Å²) >= 11 is 1.57. The van der Waals surface area contributed by atoms with E-state index in [9.17, 15) is 4.79 Å². The summed E-state index contributed by atoms with van der Waals surface area (Å²) in [5.74, 6) is 1.12. The van der Waals surface area contributed by atoms with Crippen LogP contribution in [0, 0.1) is 0 Å². The van der Waals surface area contributed by atoms with Crippen LogP contribution in [-0.4, -0.2) is 29.2 Å². The molecule has 6 nitrogen and oxygen atoms in total. The van der Waals surface area contributed by atoms with Crippen molar-refractivity contribution >= 4 is 17.2 Å². The van der Waals surface area contributed by atoms with Crippen LogP contribution in [0.3, 0.4) is 0 Å². The van der Waals surface area contributed by atoms with Crippen molar-refractivity contribution in [2.45, 2.75) is 32.9 Å². The van der Waals surface area contributed by atoms with Crippen molar-refractivity contribution in [2.75, 3.05) is 13.1 Å². The van der Waals surface area contributed by atoms with Crippen LogP contribution >= 0.6 is 11.3 Å². The summed E-state index contributed by atoms with van der Waals surface area (Å²) < 4.78 is 5.77. The summed E-state index contributed by atoms with van der Waals surface area (Å²) in [6, 6.07) is 13.9. The second kappa shape index (κ2) is 9.43.